The second-order valence-electron chi connectivity index (χ2n) is 7.37. The molecular formula is C20H19BF3N3O6. The Balaban J connectivity index is 1.75. The van der Waals surface area contributed by atoms with E-state index in [1.54, 1.807) is 12.1 Å². The van der Waals surface area contributed by atoms with Crippen LogP contribution in [0.1, 0.15) is 18.1 Å². The molecule has 0 saturated carbocycles. The Labute approximate surface area is 186 Å². The van der Waals surface area contributed by atoms with Crippen molar-refractivity contribution >= 4 is 24.4 Å². The molecule has 0 saturated heterocycles. The summed E-state index contributed by atoms with van der Waals surface area (Å²) in [4.78, 5) is 11.0. The molecule has 1 heterocycles. The molecule has 1 aliphatic heterocycles. The van der Waals surface area contributed by atoms with Crippen LogP contribution in [0.5, 0.6) is 11.5 Å². The Hall–Kier alpha value is -3.63. The highest BCUT2D eigenvalue weighted by Crippen LogP contribution is 2.27. The van der Waals surface area contributed by atoms with E-state index in [9.17, 15) is 28.3 Å². The number of ether oxygens (including phenoxy) is 2. The van der Waals surface area contributed by atoms with Gasteiger partial charge in [0.25, 0.3) is 0 Å². The van der Waals surface area contributed by atoms with Gasteiger partial charge in [0.1, 0.15) is 18.1 Å². The Morgan fingerprint density at radius 2 is 1.97 bits per heavy atom. The highest BCUT2D eigenvalue weighted by molar-refractivity contribution is 6.62. The molecule has 0 spiro atoms. The van der Waals surface area contributed by atoms with Gasteiger partial charge in [-0.2, -0.15) is 5.26 Å². The Kier molecular flexibility index (Phi) is 6.90. The van der Waals surface area contributed by atoms with E-state index in [1.807, 2.05) is 6.07 Å². The topological polar surface area (TPSA) is 133 Å². The molecule has 33 heavy (non-hydrogen) atoms. The molecule has 1 aliphatic rings. The van der Waals surface area contributed by atoms with Gasteiger partial charge >= 0.3 is 19.6 Å². The number of anilines is 1. The quantitative estimate of drug-likeness (QED) is 0.437. The van der Waals surface area contributed by atoms with Gasteiger partial charge in [-0.15, -0.1) is 13.2 Å². The molecule has 13 heteroatoms. The van der Waals surface area contributed by atoms with Crippen molar-refractivity contribution in [1.29, 1.82) is 5.26 Å². The van der Waals surface area contributed by atoms with Gasteiger partial charge in [0.05, 0.1) is 12.7 Å². The van der Waals surface area contributed by atoms with Crippen LogP contribution in [0.2, 0.25) is 0 Å². The van der Waals surface area contributed by atoms with Crippen molar-refractivity contribution in [1.82, 2.24) is 5.32 Å². The van der Waals surface area contributed by atoms with E-state index < -0.39 is 30.9 Å². The van der Waals surface area contributed by atoms with Crippen molar-refractivity contribution in [2.75, 3.05) is 11.9 Å². The molecule has 3 rings (SSSR count). The van der Waals surface area contributed by atoms with E-state index in [0.717, 1.165) is 12.1 Å². The van der Waals surface area contributed by atoms with Crippen LogP contribution in [0.3, 0.4) is 0 Å². The minimum atomic E-state index is -4.81. The molecule has 1 unspecified atom stereocenters. The van der Waals surface area contributed by atoms with Gasteiger partial charge in [0.15, 0.2) is 5.54 Å². The Morgan fingerprint density at radius 3 is 2.58 bits per heavy atom. The van der Waals surface area contributed by atoms with Crippen LogP contribution >= 0.6 is 0 Å². The largest absolute Gasteiger partial charge is 0.573 e. The van der Waals surface area contributed by atoms with Crippen LogP contribution in [-0.2, 0) is 17.8 Å². The molecular weight excluding hydrogens is 446 g/mol. The van der Waals surface area contributed by atoms with Gasteiger partial charge in [0, 0.05) is 17.8 Å². The summed E-state index contributed by atoms with van der Waals surface area (Å²) in [6, 6.07) is 10.2. The zero-order valence-corrected chi connectivity index (χ0v) is 17.3. The third-order valence-corrected chi connectivity index (χ3v) is 4.74. The first-order chi connectivity index (χ1) is 15.5. The van der Waals surface area contributed by atoms with Crippen molar-refractivity contribution in [2.45, 2.75) is 32.0 Å². The first-order valence-corrected chi connectivity index (χ1v) is 9.59. The summed E-state index contributed by atoms with van der Waals surface area (Å²) in [7, 11) is -1.24. The summed E-state index contributed by atoms with van der Waals surface area (Å²) in [5.41, 5.74) is 0.488. The van der Waals surface area contributed by atoms with Crippen LogP contribution < -0.4 is 25.6 Å². The number of nitriles is 1. The van der Waals surface area contributed by atoms with Gasteiger partial charge in [-0.1, -0.05) is 6.07 Å². The van der Waals surface area contributed by atoms with Gasteiger partial charge in [-0.05, 0) is 48.3 Å². The van der Waals surface area contributed by atoms with Crippen molar-refractivity contribution in [3.05, 3.63) is 47.5 Å². The summed E-state index contributed by atoms with van der Waals surface area (Å²) < 4.78 is 51.7. The predicted octanol–water partition coefficient (Wildman–Crippen LogP) is 2.34. The molecule has 2 aromatic carbocycles. The molecule has 0 fully saturated rings. The van der Waals surface area contributed by atoms with Gasteiger partial charge in [0.2, 0.25) is 0 Å². The zero-order valence-electron chi connectivity index (χ0n) is 17.3. The van der Waals surface area contributed by atoms with E-state index in [-0.39, 0.29) is 25.5 Å². The van der Waals surface area contributed by atoms with Crippen LogP contribution in [0.25, 0.3) is 0 Å². The first-order valence-electron chi connectivity index (χ1n) is 9.59. The summed E-state index contributed by atoms with van der Waals surface area (Å²) in [6.45, 7) is 1.31. The standard InChI is InChI=1S/C20H19BF3N3O6/c1-19(10-25,27-13-3-5-14(6-4-13)33-20(22,23)24)11-31-16-7-2-12-9-32-21(30)17(12)15(16)8-26-18(28)29/h2-7,26-27,30H,8-9,11H2,1H3,(H,28,29). The van der Waals surface area contributed by atoms with Crippen LogP contribution in [0, 0.1) is 11.3 Å². The van der Waals surface area contributed by atoms with E-state index >= 15 is 0 Å². The number of fused-ring (bicyclic) bond motifs is 1. The van der Waals surface area contributed by atoms with E-state index in [4.69, 9.17) is 14.5 Å². The lowest BCUT2D eigenvalue weighted by Gasteiger charge is -2.26. The molecule has 0 bridgehead atoms. The SMILES string of the molecule is CC(C#N)(COc1ccc2c(c1CNC(=O)O)B(O)OC2)Nc1ccc(OC(F)(F)F)cc1. The highest BCUT2D eigenvalue weighted by Gasteiger charge is 2.33. The number of halogens is 3. The van der Waals surface area contributed by atoms with Gasteiger partial charge in [-0.3, -0.25) is 0 Å². The summed E-state index contributed by atoms with van der Waals surface area (Å²) in [6.07, 6.45) is -6.08. The smallest absolute Gasteiger partial charge is 0.490 e. The normalized spacial score (nSPS) is 14.6. The molecule has 4 N–H and O–H groups in total. The van der Waals surface area contributed by atoms with Crippen LogP contribution in [-0.4, -0.2) is 41.9 Å². The first kappa shape index (κ1) is 24.0. The minimum Gasteiger partial charge on any atom is -0.490 e. The zero-order chi connectivity index (χ0) is 24.2. The molecule has 1 atom stereocenters. The number of nitrogens with one attached hydrogen (secondary N) is 2. The maximum absolute atomic E-state index is 12.3. The maximum Gasteiger partial charge on any atom is 0.573 e. The fourth-order valence-corrected chi connectivity index (χ4v) is 3.24. The number of carboxylic acid groups (broad SMARTS) is 1. The fraction of sp³-hybridized carbons (Fsp3) is 0.300. The highest BCUT2D eigenvalue weighted by atomic mass is 19.4. The number of rotatable bonds is 8. The lowest BCUT2D eigenvalue weighted by Crippen LogP contribution is -2.40. The van der Waals surface area contributed by atoms with Crippen molar-refractivity contribution in [3.63, 3.8) is 0 Å². The second kappa shape index (κ2) is 9.47. The number of alkyl halides is 3. The lowest BCUT2D eigenvalue weighted by atomic mass is 9.76. The monoisotopic (exact) mass is 465 g/mol. The van der Waals surface area contributed by atoms with E-state index in [0.29, 0.717) is 22.3 Å². The van der Waals surface area contributed by atoms with E-state index in [1.165, 1.54) is 19.1 Å². The number of hydrogen-bond acceptors (Lipinski definition) is 7. The average Bonchev–Trinajstić information content (AvgIpc) is 3.12. The average molecular weight is 465 g/mol. The lowest BCUT2D eigenvalue weighted by molar-refractivity contribution is -0.274. The number of benzene rings is 2. The second-order valence-corrected chi connectivity index (χ2v) is 7.37. The minimum absolute atomic E-state index is 0.155. The van der Waals surface area contributed by atoms with Crippen molar-refractivity contribution in [3.8, 4) is 17.6 Å². The molecule has 0 aromatic heterocycles. The number of nitrogens with zero attached hydrogens (tertiary/aromatic N) is 1. The number of amides is 1. The van der Waals surface area contributed by atoms with Crippen molar-refractivity contribution in [2.24, 2.45) is 0 Å². The third-order valence-electron chi connectivity index (χ3n) is 4.74. The Morgan fingerprint density at radius 1 is 1.27 bits per heavy atom. The summed E-state index contributed by atoms with van der Waals surface area (Å²) >= 11 is 0. The van der Waals surface area contributed by atoms with Gasteiger partial charge < -0.3 is 34.9 Å². The molecule has 2 aromatic rings. The molecule has 1 amide bonds. The van der Waals surface area contributed by atoms with E-state index in [2.05, 4.69) is 15.4 Å². The number of carbonyl (C=O) groups is 1. The summed E-state index contributed by atoms with van der Waals surface area (Å²) in [5.74, 6) is -0.165. The summed E-state index contributed by atoms with van der Waals surface area (Å²) in [5, 5.41) is 33.8. The number of hydrogen-bond donors (Lipinski definition) is 4. The molecule has 9 nitrogen and oxygen atoms in total. The van der Waals surface area contributed by atoms with Crippen LogP contribution in [0.4, 0.5) is 23.7 Å². The maximum atomic E-state index is 12.3. The third kappa shape index (κ3) is 6.21. The van der Waals surface area contributed by atoms with Gasteiger partial charge in [-0.25, -0.2) is 4.79 Å². The molecule has 0 radical (unpaired) electrons. The van der Waals surface area contributed by atoms with Crippen molar-refractivity contribution < 1.29 is 42.2 Å². The molecule has 174 valence electrons. The predicted molar refractivity (Wildman–Crippen MR) is 110 cm³/mol. The van der Waals surface area contributed by atoms with Crippen LogP contribution in [0.15, 0.2) is 36.4 Å². The molecule has 0 aliphatic carbocycles. The fourth-order valence-electron chi connectivity index (χ4n) is 3.24. The Bertz CT molecular complexity index is 1060.